The average Bonchev–Trinajstić information content (AvgIpc) is 3.92. The number of rotatable bonds is 9. The summed E-state index contributed by atoms with van der Waals surface area (Å²) in [6.45, 7) is 4.75. The molecule has 2 unspecified atom stereocenters. The van der Waals surface area contributed by atoms with Crippen LogP contribution in [0.2, 0.25) is 0 Å². The summed E-state index contributed by atoms with van der Waals surface area (Å²) in [5, 5.41) is 13.8. The van der Waals surface area contributed by atoms with Crippen molar-refractivity contribution in [3.63, 3.8) is 0 Å². The van der Waals surface area contributed by atoms with Crippen LogP contribution in [0.3, 0.4) is 0 Å². The lowest BCUT2D eigenvalue weighted by molar-refractivity contribution is -0.181. The fourth-order valence-electron chi connectivity index (χ4n) is 7.69. The molecule has 1 spiro atoms. The summed E-state index contributed by atoms with van der Waals surface area (Å²) in [4.78, 5) is 12.3. The molecule has 0 amide bonds. The van der Waals surface area contributed by atoms with Gasteiger partial charge in [-0.15, -0.1) is 5.10 Å². The zero-order chi connectivity index (χ0) is 34.4. The summed E-state index contributed by atoms with van der Waals surface area (Å²) in [5.74, 6) is 1.84. The van der Waals surface area contributed by atoms with E-state index in [1.54, 1.807) is 24.8 Å². The number of methoxy groups -OCH3 is 3. The molecule has 3 aromatic heterocycles. The number of piperidine rings is 1. The van der Waals surface area contributed by atoms with Crippen molar-refractivity contribution in [2.75, 3.05) is 51.3 Å². The van der Waals surface area contributed by atoms with Crippen molar-refractivity contribution in [3.8, 4) is 17.2 Å². The smallest absolute Gasteiger partial charge is 0.226 e. The fraction of sp³-hybridized carbons (Fsp3) is 0.500. The topological polar surface area (TPSA) is 122 Å². The molecule has 1 saturated carbocycles. The molecule has 13 nitrogen and oxygen atoms in total. The van der Waals surface area contributed by atoms with Gasteiger partial charge >= 0.3 is 0 Å². The van der Waals surface area contributed by atoms with E-state index in [9.17, 15) is 0 Å². The summed E-state index contributed by atoms with van der Waals surface area (Å²) in [7, 11) is 4.69. The maximum absolute atomic E-state index is 15.0. The van der Waals surface area contributed by atoms with Crippen LogP contribution < -0.4 is 24.4 Å². The maximum atomic E-state index is 15.0. The van der Waals surface area contributed by atoms with Gasteiger partial charge in [0.05, 0.1) is 58.0 Å². The third-order valence-electron chi connectivity index (χ3n) is 10.6. The lowest BCUT2D eigenvalue weighted by atomic mass is 9.90. The van der Waals surface area contributed by atoms with Gasteiger partial charge in [0, 0.05) is 67.2 Å². The van der Waals surface area contributed by atoms with Gasteiger partial charge in [-0.2, -0.15) is 9.61 Å². The highest BCUT2D eigenvalue weighted by Crippen LogP contribution is 2.41. The molecule has 2 atom stereocenters. The molecule has 14 heteroatoms. The van der Waals surface area contributed by atoms with Crippen LogP contribution in [-0.2, 0) is 16.0 Å². The predicted molar refractivity (Wildman–Crippen MR) is 185 cm³/mol. The first-order valence-electron chi connectivity index (χ1n) is 17.3. The highest BCUT2D eigenvalue weighted by atomic mass is 19.1. The zero-order valence-electron chi connectivity index (χ0n) is 28.9. The van der Waals surface area contributed by atoms with Crippen LogP contribution in [0.1, 0.15) is 68.8 Å². The number of aromatic nitrogens is 6. The molecule has 8 rings (SSSR count). The van der Waals surface area contributed by atoms with Crippen LogP contribution in [0.5, 0.6) is 17.2 Å². The first-order chi connectivity index (χ1) is 24.4. The molecule has 3 aliphatic rings. The molecule has 3 fully saturated rings. The molecule has 2 aromatic carbocycles. The van der Waals surface area contributed by atoms with E-state index in [-0.39, 0.29) is 11.7 Å². The average molecular weight is 687 g/mol. The number of halogens is 1. The van der Waals surface area contributed by atoms with E-state index < -0.39 is 11.6 Å². The molecule has 1 aliphatic carbocycles. The lowest BCUT2D eigenvalue weighted by Gasteiger charge is -2.38. The summed E-state index contributed by atoms with van der Waals surface area (Å²) in [5.41, 5.74) is 3.08. The summed E-state index contributed by atoms with van der Waals surface area (Å²) < 4.78 is 47.0. The molecule has 0 bridgehead atoms. The van der Waals surface area contributed by atoms with Crippen molar-refractivity contribution in [1.29, 1.82) is 0 Å². The number of nitrogens with zero attached hydrogens (tertiary/aromatic N) is 7. The maximum Gasteiger partial charge on any atom is 0.226 e. The van der Waals surface area contributed by atoms with Crippen LogP contribution in [0.4, 0.5) is 16.0 Å². The normalized spacial score (nSPS) is 20.9. The van der Waals surface area contributed by atoms with Gasteiger partial charge in [0.15, 0.2) is 28.8 Å². The molecule has 1 N–H and O–H groups in total. The van der Waals surface area contributed by atoms with Crippen LogP contribution in [0.15, 0.2) is 42.7 Å². The Morgan fingerprint density at radius 3 is 2.52 bits per heavy atom. The van der Waals surface area contributed by atoms with E-state index in [1.165, 1.54) is 13.2 Å². The van der Waals surface area contributed by atoms with Crippen molar-refractivity contribution in [2.24, 2.45) is 0 Å². The first kappa shape index (κ1) is 32.5. The Morgan fingerprint density at radius 2 is 1.76 bits per heavy atom. The van der Waals surface area contributed by atoms with Crippen LogP contribution in [0, 0.1) is 5.82 Å². The van der Waals surface area contributed by atoms with Crippen LogP contribution >= 0.6 is 0 Å². The Morgan fingerprint density at radius 1 is 0.960 bits per heavy atom. The van der Waals surface area contributed by atoms with Gasteiger partial charge in [-0.1, -0.05) is 0 Å². The number of anilines is 2. The minimum atomic E-state index is -0.483. The number of nitrogens with one attached hydrogen (secondary N) is 1. The largest absolute Gasteiger partial charge is 0.497 e. The number of benzene rings is 2. The fourth-order valence-corrected chi connectivity index (χ4v) is 7.69. The second-order valence-corrected chi connectivity index (χ2v) is 13.5. The molecule has 264 valence electrons. The standard InChI is InChI=1S/C36H43FN8O5/c1-22-5-6-24(20-43(22)26-19-39-44(21-26)25-9-11-36(12-10-25)49-13-14-50-36)33-41-34-28-16-29(37)32(48-4)17-30(28)40-35(45(34)42-33)38-18-23-7-8-27(46-2)15-31(23)47-3/h7-8,15-17,19,21-22,24-25H,5-6,9-14,18,20H2,1-4H3,(H,38,40). The summed E-state index contributed by atoms with van der Waals surface area (Å²) >= 11 is 0. The van der Waals surface area contributed by atoms with E-state index in [0.29, 0.717) is 71.7 Å². The molecule has 5 heterocycles. The van der Waals surface area contributed by atoms with Gasteiger partial charge in [0.1, 0.15) is 11.5 Å². The number of ether oxygens (including phenoxy) is 5. The van der Waals surface area contributed by atoms with Gasteiger partial charge < -0.3 is 33.9 Å². The molecule has 0 radical (unpaired) electrons. The van der Waals surface area contributed by atoms with Gasteiger partial charge in [-0.25, -0.2) is 14.4 Å². The number of fused-ring (bicyclic) bond motifs is 3. The van der Waals surface area contributed by atoms with E-state index >= 15 is 4.39 Å². The van der Waals surface area contributed by atoms with Crippen molar-refractivity contribution < 1.29 is 28.1 Å². The molecular weight excluding hydrogens is 643 g/mol. The monoisotopic (exact) mass is 686 g/mol. The van der Waals surface area contributed by atoms with Gasteiger partial charge in [0.2, 0.25) is 5.95 Å². The Kier molecular flexibility index (Phi) is 8.59. The minimum absolute atomic E-state index is 0.0494. The van der Waals surface area contributed by atoms with Crippen molar-refractivity contribution >= 4 is 28.2 Å². The Balaban J connectivity index is 1.08. The minimum Gasteiger partial charge on any atom is -0.497 e. The van der Waals surface area contributed by atoms with Crippen molar-refractivity contribution in [2.45, 2.75) is 75.8 Å². The van der Waals surface area contributed by atoms with Crippen LogP contribution in [-0.4, -0.2) is 82.3 Å². The summed E-state index contributed by atoms with van der Waals surface area (Å²) in [6.07, 6.45) is 9.77. The second kappa shape index (κ2) is 13.2. The Bertz CT molecular complexity index is 2000. The predicted octanol–water partition coefficient (Wildman–Crippen LogP) is 5.88. The summed E-state index contributed by atoms with van der Waals surface area (Å²) in [6, 6.07) is 9.34. The molecule has 2 aliphatic heterocycles. The second-order valence-electron chi connectivity index (χ2n) is 13.5. The van der Waals surface area contributed by atoms with E-state index in [2.05, 4.69) is 28.0 Å². The lowest BCUT2D eigenvalue weighted by Crippen LogP contribution is -2.41. The molecular formula is C36H43FN8O5. The SMILES string of the molecule is COc1ccc(CNc2nc3cc(OC)c(F)cc3c3nc(C4CCC(C)N(c5cnn(C6CCC7(CC6)OCCO7)c5)C4)nn23)c(OC)c1. The van der Waals surface area contributed by atoms with Gasteiger partial charge in [-0.3, -0.25) is 4.68 Å². The Labute approximate surface area is 289 Å². The van der Waals surface area contributed by atoms with Gasteiger partial charge in [0.25, 0.3) is 0 Å². The van der Waals surface area contributed by atoms with Crippen molar-refractivity contribution in [3.05, 3.63) is 59.9 Å². The van der Waals surface area contributed by atoms with Crippen molar-refractivity contribution in [1.82, 2.24) is 29.4 Å². The van der Waals surface area contributed by atoms with E-state index in [4.69, 9.17) is 43.8 Å². The third kappa shape index (κ3) is 5.93. The van der Waals surface area contributed by atoms with Gasteiger partial charge in [-0.05, 0) is 50.8 Å². The Hall–Kier alpha value is -4.69. The van der Waals surface area contributed by atoms with E-state index in [1.807, 2.05) is 24.4 Å². The highest BCUT2D eigenvalue weighted by molar-refractivity contribution is 5.93. The number of hydrogen-bond donors (Lipinski definition) is 1. The third-order valence-corrected chi connectivity index (χ3v) is 10.6. The quantitative estimate of drug-likeness (QED) is 0.200. The zero-order valence-corrected chi connectivity index (χ0v) is 28.9. The molecule has 5 aromatic rings. The molecule has 50 heavy (non-hydrogen) atoms. The van der Waals surface area contributed by atoms with E-state index in [0.717, 1.165) is 56.3 Å². The highest BCUT2D eigenvalue weighted by Gasteiger charge is 2.41. The van der Waals surface area contributed by atoms with Crippen LogP contribution in [0.25, 0.3) is 16.6 Å². The molecule has 2 saturated heterocycles. The number of hydrogen-bond acceptors (Lipinski definition) is 11. The first-order valence-corrected chi connectivity index (χ1v) is 17.3.